The van der Waals surface area contributed by atoms with Crippen LogP contribution >= 0.6 is 0 Å². The summed E-state index contributed by atoms with van der Waals surface area (Å²) in [7, 11) is 0. The molecule has 0 N–H and O–H groups in total. The lowest BCUT2D eigenvalue weighted by atomic mass is 10.3. The molecule has 0 atom stereocenters. The van der Waals surface area contributed by atoms with Crippen LogP contribution < -0.4 is 9.47 Å². The predicted octanol–water partition coefficient (Wildman–Crippen LogP) is 3.42. The highest BCUT2D eigenvalue weighted by atomic mass is 16.6. The van der Waals surface area contributed by atoms with Gasteiger partial charge in [0.1, 0.15) is 19.0 Å². The molecule has 0 aromatic carbocycles. The van der Waals surface area contributed by atoms with Crippen molar-refractivity contribution >= 4 is 6.08 Å². The number of fused-ring (bicyclic) bond motifs is 1. The van der Waals surface area contributed by atoms with E-state index in [2.05, 4.69) is 0 Å². The van der Waals surface area contributed by atoms with Crippen molar-refractivity contribution in [2.45, 2.75) is 27.7 Å². The normalized spacial score (nSPS) is 13.6. The molecule has 0 saturated carbocycles. The molecule has 0 radical (unpaired) electrons. The van der Waals surface area contributed by atoms with Crippen molar-refractivity contribution < 1.29 is 13.9 Å². The molecule has 1 aromatic heterocycles. The van der Waals surface area contributed by atoms with E-state index < -0.39 is 0 Å². The van der Waals surface area contributed by atoms with Crippen LogP contribution in [0.2, 0.25) is 0 Å². The predicted molar refractivity (Wildman–Crippen MR) is 60.5 cm³/mol. The van der Waals surface area contributed by atoms with Gasteiger partial charge in [0.2, 0.25) is 11.5 Å². The molecule has 0 unspecified atom stereocenters. The van der Waals surface area contributed by atoms with Crippen molar-refractivity contribution in [2.75, 3.05) is 13.2 Å². The number of ether oxygens (including phenoxy) is 2. The van der Waals surface area contributed by atoms with Gasteiger partial charge in [0.15, 0.2) is 5.76 Å². The summed E-state index contributed by atoms with van der Waals surface area (Å²) in [6.45, 7) is 9.01. The lowest BCUT2D eigenvalue weighted by Crippen LogP contribution is -2.14. The molecule has 3 nitrogen and oxygen atoms in total. The van der Waals surface area contributed by atoms with Gasteiger partial charge in [-0.2, -0.15) is 0 Å². The second kappa shape index (κ2) is 5.49. The maximum absolute atomic E-state index is 5.47. The van der Waals surface area contributed by atoms with Crippen molar-refractivity contribution in [3.63, 3.8) is 0 Å². The van der Waals surface area contributed by atoms with E-state index in [1.54, 1.807) is 0 Å². The summed E-state index contributed by atoms with van der Waals surface area (Å²) in [4.78, 5) is 0. The van der Waals surface area contributed by atoms with E-state index in [0.717, 1.165) is 23.0 Å². The van der Waals surface area contributed by atoms with Crippen LogP contribution in [-0.4, -0.2) is 13.2 Å². The summed E-state index contributed by atoms with van der Waals surface area (Å²) >= 11 is 0. The van der Waals surface area contributed by atoms with Gasteiger partial charge >= 0.3 is 0 Å². The minimum Gasteiger partial charge on any atom is -0.483 e. The molecule has 1 aromatic rings. The van der Waals surface area contributed by atoms with Crippen LogP contribution in [0.25, 0.3) is 6.08 Å². The van der Waals surface area contributed by atoms with Gasteiger partial charge in [0.05, 0.1) is 0 Å². The van der Waals surface area contributed by atoms with Crippen molar-refractivity contribution in [1.82, 2.24) is 0 Å². The summed E-state index contributed by atoms with van der Waals surface area (Å²) in [6, 6.07) is 0. The number of allylic oxidation sites excluding steroid dienone is 1. The maximum atomic E-state index is 5.47. The van der Waals surface area contributed by atoms with Crippen LogP contribution in [0.5, 0.6) is 11.5 Å². The number of hydrogen-bond donors (Lipinski definition) is 0. The van der Waals surface area contributed by atoms with E-state index in [9.17, 15) is 0 Å². The Morgan fingerprint density at radius 1 is 1.07 bits per heavy atom. The quantitative estimate of drug-likeness (QED) is 0.711. The zero-order valence-corrected chi connectivity index (χ0v) is 9.79. The Bertz CT molecular complexity index is 337. The van der Waals surface area contributed by atoms with E-state index in [1.807, 2.05) is 39.8 Å². The molecule has 2 rings (SSSR count). The van der Waals surface area contributed by atoms with Crippen LogP contribution in [-0.2, 0) is 0 Å². The van der Waals surface area contributed by atoms with Crippen molar-refractivity contribution in [1.29, 1.82) is 0 Å². The Hall–Kier alpha value is -1.38. The Labute approximate surface area is 90.7 Å². The van der Waals surface area contributed by atoms with Crippen LogP contribution in [0, 0.1) is 6.92 Å². The molecule has 0 bridgehead atoms. The first-order valence-corrected chi connectivity index (χ1v) is 5.34. The zero-order chi connectivity index (χ0) is 11.3. The summed E-state index contributed by atoms with van der Waals surface area (Å²) in [5.41, 5.74) is 0. The first-order chi connectivity index (χ1) is 7.33. The second-order valence-corrected chi connectivity index (χ2v) is 2.88. The fourth-order valence-corrected chi connectivity index (χ4v) is 1.38. The lowest BCUT2D eigenvalue weighted by molar-refractivity contribution is 0.172. The Morgan fingerprint density at radius 3 is 2.27 bits per heavy atom. The van der Waals surface area contributed by atoms with Gasteiger partial charge in [0, 0.05) is 0 Å². The van der Waals surface area contributed by atoms with Crippen LogP contribution in [0.4, 0.5) is 0 Å². The smallest absolute Gasteiger partial charge is 0.207 e. The van der Waals surface area contributed by atoms with Gasteiger partial charge in [-0.05, 0) is 19.9 Å². The molecule has 0 aliphatic carbocycles. The Kier molecular flexibility index (Phi) is 4.28. The standard InChI is InChI=1S/C10H12O3.C2H6/c1-3-4-8-10-9(7(2)13-8)11-5-6-12-10;1-2/h3-4H,5-6H2,1-2H3;1-2H3/b4-3+;. The molecule has 2 heterocycles. The molecule has 0 saturated heterocycles. The third-order valence-corrected chi connectivity index (χ3v) is 1.91. The Balaban J connectivity index is 0.000000531. The largest absolute Gasteiger partial charge is 0.483 e. The average Bonchev–Trinajstić information content (AvgIpc) is 2.61. The van der Waals surface area contributed by atoms with Crippen molar-refractivity contribution in [2.24, 2.45) is 0 Å². The third kappa shape index (κ3) is 2.35. The number of hydrogen-bond acceptors (Lipinski definition) is 3. The third-order valence-electron chi connectivity index (χ3n) is 1.91. The molecule has 15 heavy (non-hydrogen) atoms. The lowest BCUT2D eigenvalue weighted by Gasteiger charge is -2.14. The van der Waals surface area contributed by atoms with Crippen molar-refractivity contribution in [3.8, 4) is 11.5 Å². The van der Waals surface area contributed by atoms with E-state index in [-0.39, 0.29) is 0 Å². The fourth-order valence-electron chi connectivity index (χ4n) is 1.38. The van der Waals surface area contributed by atoms with Crippen LogP contribution in [0.15, 0.2) is 10.5 Å². The van der Waals surface area contributed by atoms with Gasteiger partial charge in [-0.15, -0.1) is 0 Å². The number of furan rings is 1. The number of rotatable bonds is 1. The highest BCUT2D eigenvalue weighted by Gasteiger charge is 2.22. The highest BCUT2D eigenvalue weighted by Crippen LogP contribution is 2.40. The molecule has 1 aliphatic heterocycles. The zero-order valence-electron chi connectivity index (χ0n) is 9.79. The molecule has 0 amide bonds. The summed E-state index contributed by atoms with van der Waals surface area (Å²) < 4.78 is 16.4. The van der Waals surface area contributed by atoms with Crippen molar-refractivity contribution in [3.05, 3.63) is 17.6 Å². The SMILES string of the molecule is C/C=C/c1oc(C)c2c1OCCO2.CC. The first kappa shape index (κ1) is 11.7. The van der Waals surface area contributed by atoms with Gasteiger partial charge in [-0.1, -0.05) is 19.9 Å². The maximum Gasteiger partial charge on any atom is 0.207 e. The molecule has 0 spiro atoms. The summed E-state index contributed by atoms with van der Waals surface area (Å²) in [6.07, 6.45) is 3.79. The van der Waals surface area contributed by atoms with E-state index in [1.165, 1.54) is 0 Å². The highest BCUT2D eigenvalue weighted by molar-refractivity contribution is 5.59. The molecule has 3 heteroatoms. The molecule has 0 fully saturated rings. The van der Waals surface area contributed by atoms with E-state index in [4.69, 9.17) is 13.9 Å². The van der Waals surface area contributed by atoms with Gasteiger partial charge in [-0.25, -0.2) is 0 Å². The Morgan fingerprint density at radius 2 is 1.67 bits per heavy atom. The average molecular weight is 210 g/mol. The fraction of sp³-hybridized carbons (Fsp3) is 0.500. The van der Waals surface area contributed by atoms with E-state index in [0.29, 0.717) is 13.2 Å². The molecular formula is C12H18O3. The van der Waals surface area contributed by atoms with Gasteiger partial charge < -0.3 is 13.9 Å². The van der Waals surface area contributed by atoms with Crippen LogP contribution in [0.3, 0.4) is 0 Å². The molecule has 1 aliphatic rings. The van der Waals surface area contributed by atoms with Gasteiger partial charge in [-0.3, -0.25) is 0 Å². The summed E-state index contributed by atoms with van der Waals surface area (Å²) in [5.74, 6) is 3.01. The van der Waals surface area contributed by atoms with Crippen LogP contribution in [0.1, 0.15) is 32.3 Å². The molecule has 84 valence electrons. The first-order valence-electron chi connectivity index (χ1n) is 5.34. The topological polar surface area (TPSA) is 31.6 Å². The minimum atomic E-state index is 0.594. The molecular weight excluding hydrogens is 192 g/mol. The van der Waals surface area contributed by atoms with E-state index >= 15 is 0 Å². The minimum absolute atomic E-state index is 0.594. The monoisotopic (exact) mass is 210 g/mol. The summed E-state index contributed by atoms with van der Waals surface area (Å²) in [5, 5.41) is 0. The van der Waals surface area contributed by atoms with Gasteiger partial charge in [0.25, 0.3) is 0 Å². The second-order valence-electron chi connectivity index (χ2n) is 2.88. The number of aryl methyl sites for hydroxylation is 1.